The van der Waals surface area contributed by atoms with Gasteiger partial charge in [0, 0.05) is 18.0 Å². The zero-order chi connectivity index (χ0) is 13.7. The highest BCUT2D eigenvalue weighted by atomic mass is 19.4. The van der Waals surface area contributed by atoms with Gasteiger partial charge in [-0.3, -0.25) is 0 Å². The molecular formula is C12H24F3NO. The van der Waals surface area contributed by atoms with Crippen LogP contribution >= 0.6 is 0 Å². The Hall–Kier alpha value is -0.290. The predicted molar refractivity (Wildman–Crippen MR) is 63.0 cm³/mol. The smallest absolute Gasteiger partial charge is 0.371 e. The first-order valence-corrected chi connectivity index (χ1v) is 5.95. The molecule has 0 spiro atoms. The van der Waals surface area contributed by atoms with E-state index >= 15 is 0 Å². The molecule has 0 aliphatic heterocycles. The van der Waals surface area contributed by atoms with Crippen LogP contribution in [-0.4, -0.2) is 32.0 Å². The monoisotopic (exact) mass is 255 g/mol. The van der Waals surface area contributed by atoms with Crippen molar-refractivity contribution in [1.82, 2.24) is 5.32 Å². The second kappa shape index (κ2) is 6.59. The molecule has 1 unspecified atom stereocenters. The molecule has 0 aliphatic carbocycles. The van der Waals surface area contributed by atoms with E-state index in [1.165, 1.54) is 0 Å². The van der Waals surface area contributed by atoms with Crippen molar-refractivity contribution in [3.63, 3.8) is 0 Å². The van der Waals surface area contributed by atoms with E-state index in [1.807, 2.05) is 34.6 Å². The molecule has 1 N–H and O–H groups in total. The van der Waals surface area contributed by atoms with Gasteiger partial charge in [-0.1, -0.05) is 34.6 Å². The van der Waals surface area contributed by atoms with E-state index < -0.39 is 12.8 Å². The summed E-state index contributed by atoms with van der Waals surface area (Å²) in [6, 6.07) is 0.315. The van der Waals surface area contributed by atoms with Gasteiger partial charge in [-0.25, -0.2) is 0 Å². The maximum atomic E-state index is 12.0. The molecule has 0 radical (unpaired) electrons. The molecule has 0 heterocycles. The summed E-state index contributed by atoms with van der Waals surface area (Å²) < 4.78 is 40.8. The van der Waals surface area contributed by atoms with Gasteiger partial charge < -0.3 is 10.1 Å². The molecule has 0 saturated carbocycles. The quantitative estimate of drug-likeness (QED) is 0.754. The first-order valence-electron chi connectivity index (χ1n) is 5.95. The normalized spacial score (nSPS) is 16.6. The average Bonchev–Trinajstić information content (AvgIpc) is 2.12. The summed E-state index contributed by atoms with van der Waals surface area (Å²) in [7, 11) is 0. The minimum absolute atomic E-state index is 0.115. The summed E-state index contributed by atoms with van der Waals surface area (Å²) in [5.41, 5.74) is -0.282. The molecular weight excluding hydrogens is 231 g/mol. The van der Waals surface area contributed by atoms with Crippen LogP contribution in [-0.2, 0) is 4.74 Å². The molecule has 0 aromatic heterocycles. The highest BCUT2D eigenvalue weighted by Crippen LogP contribution is 2.27. The Bertz CT molecular complexity index is 216. The second-order valence-corrected chi connectivity index (χ2v) is 5.45. The number of hydrogen-bond donors (Lipinski definition) is 1. The summed E-state index contributed by atoms with van der Waals surface area (Å²) in [5, 5.41) is 3.25. The van der Waals surface area contributed by atoms with Gasteiger partial charge in [0.05, 0.1) is 6.61 Å². The van der Waals surface area contributed by atoms with Crippen LogP contribution in [0.2, 0.25) is 0 Å². The molecule has 0 aromatic carbocycles. The molecule has 0 fully saturated rings. The Morgan fingerprint density at radius 1 is 1.06 bits per heavy atom. The second-order valence-electron chi connectivity index (χ2n) is 5.45. The molecule has 0 amide bonds. The highest BCUT2D eigenvalue weighted by Gasteiger charge is 2.32. The lowest BCUT2D eigenvalue weighted by Gasteiger charge is -2.34. The Morgan fingerprint density at radius 3 is 1.94 bits per heavy atom. The molecule has 0 aliphatic rings. The van der Waals surface area contributed by atoms with Gasteiger partial charge in [0.2, 0.25) is 0 Å². The van der Waals surface area contributed by atoms with E-state index in [1.54, 1.807) is 0 Å². The van der Waals surface area contributed by atoms with Gasteiger partial charge in [0.1, 0.15) is 6.61 Å². The van der Waals surface area contributed by atoms with Crippen molar-refractivity contribution in [2.75, 3.05) is 19.8 Å². The van der Waals surface area contributed by atoms with Crippen LogP contribution < -0.4 is 5.32 Å². The van der Waals surface area contributed by atoms with Gasteiger partial charge in [-0.15, -0.1) is 0 Å². The summed E-state index contributed by atoms with van der Waals surface area (Å²) in [6.45, 7) is 9.57. The fourth-order valence-electron chi connectivity index (χ4n) is 1.26. The molecule has 0 bridgehead atoms. The fraction of sp³-hybridized carbons (Fsp3) is 1.00. The van der Waals surface area contributed by atoms with Gasteiger partial charge in [-0.2, -0.15) is 13.2 Å². The van der Waals surface area contributed by atoms with Crippen LogP contribution in [0.25, 0.3) is 0 Å². The Kier molecular flexibility index (Phi) is 6.48. The van der Waals surface area contributed by atoms with E-state index in [2.05, 4.69) is 5.32 Å². The van der Waals surface area contributed by atoms with Crippen molar-refractivity contribution in [3.8, 4) is 0 Å². The van der Waals surface area contributed by atoms with E-state index in [9.17, 15) is 13.2 Å². The lowest BCUT2D eigenvalue weighted by atomic mass is 9.79. The standard InChI is InChI=1S/C12H24F3NO/c1-9(2)11(5,6-16-10(3)4)7-17-8-12(13,14)15/h9-10,16H,6-8H2,1-5H3. The maximum absolute atomic E-state index is 12.0. The van der Waals surface area contributed by atoms with Crippen molar-refractivity contribution >= 4 is 0 Å². The van der Waals surface area contributed by atoms with Crippen molar-refractivity contribution in [1.29, 1.82) is 0 Å². The summed E-state index contributed by atoms with van der Waals surface area (Å²) in [6.07, 6.45) is -4.25. The predicted octanol–water partition coefficient (Wildman–Crippen LogP) is 3.23. The van der Waals surface area contributed by atoms with Crippen LogP contribution in [0.5, 0.6) is 0 Å². The lowest BCUT2D eigenvalue weighted by Crippen LogP contribution is -2.42. The fourth-order valence-corrected chi connectivity index (χ4v) is 1.26. The van der Waals surface area contributed by atoms with E-state index in [0.717, 1.165) is 0 Å². The third-order valence-corrected chi connectivity index (χ3v) is 3.01. The molecule has 0 aromatic rings. The van der Waals surface area contributed by atoms with Gasteiger partial charge in [0.15, 0.2) is 0 Å². The SMILES string of the molecule is CC(C)NCC(C)(COCC(F)(F)F)C(C)C. The van der Waals surface area contributed by atoms with Crippen molar-refractivity contribution in [2.24, 2.45) is 11.3 Å². The summed E-state index contributed by atoms with van der Waals surface area (Å²) in [4.78, 5) is 0. The van der Waals surface area contributed by atoms with Crippen LogP contribution in [0.15, 0.2) is 0 Å². The molecule has 0 rings (SSSR count). The molecule has 5 heteroatoms. The van der Waals surface area contributed by atoms with Crippen LogP contribution in [0.4, 0.5) is 13.2 Å². The van der Waals surface area contributed by atoms with Crippen LogP contribution in [0.1, 0.15) is 34.6 Å². The maximum Gasteiger partial charge on any atom is 0.411 e. The Balaban J connectivity index is 4.22. The summed E-state index contributed by atoms with van der Waals surface area (Å²) >= 11 is 0. The van der Waals surface area contributed by atoms with Crippen molar-refractivity contribution in [2.45, 2.75) is 46.8 Å². The third-order valence-electron chi connectivity index (χ3n) is 3.01. The van der Waals surface area contributed by atoms with E-state index in [0.29, 0.717) is 12.6 Å². The average molecular weight is 255 g/mol. The van der Waals surface area contributed by atoms with Crippen molar-refractivity contribution < 1.29 is 17.9 Å². The number of ether oxygens (including phenoxy) is 1. The first-order chi connectivity index (χ1) is 7.57. The number of rotatable bonds is 7. The molecule has 1 atom stereocenters. The number of nitrogens with one attached hydrogen (secondary N) is 1. The number of hydrogen-bond acceptors (Lipinski definition) is 2. The summed E-state index contributed by atoms with van der Waals surface area (Å²) in [5.74, 6) is 0.252. The minimum atomic E-state index is -4.25. The molecule has 2 nitrogen and oxygen atoms in total. The Morgan fingerprint density at radius 2 is 1.59 bits per heavy atom. The molecule has 104 valence electrons. The largest absolute Gasteiger partial charge is 0.411 e. The van der Waals surface area contributed by atoms with Gasteiger partial charge in [0.25, 0.3) is 0 Å². The molecule has 0 saturated heterocycles. The topological polar surface area (TPSA) is 21.3 Å². The van der Waals surface area contributed by atoms with E-state index in [4.69, 9.17) is 4.74 Å². The zero-order valence-corrected chi connectivity index (χ0v) is 11.3. The Labute approximate surface area is 102 Å². The van der Waals surface area contributed by atoms with Crippen LogP contribution in [0.3, 0.4) is 0 Å². The van der Waals surface area contributed by atoms with E-state index in [-0.39, 0.29) is 17.9 Å². The number of halogens is 3. The lowest BCUT2D eigenvalue weighted by molar-refractivity contribution is -0.181. The molecule has 17 heavy (non-hydrogen) atoms. The zero-order valence-electron chi connectivity index (χ0n) is 11.3. The van der Waals surface area contributed by atoms with Gasteiger partial charge >= 0.3 is 6.18 Å². The minimum Gasteiger partial charge on any atom is -0.371 e. The number of alkyl halides is 3. The van der Waals surface area contributed by atoms with Crippen molar-refractivity contribution in [3.05, 3.63) is 0 Å². The third kappa shape index (κ3) is 7.60. The van der Waals surface area contributed by atoms with Crippen LogP contribution in [0, 0.1) is 11.3 Å². The first kappa shape index (κ1) is 16.7. The highest BCUT2D eigenvalue weighted by molar-refractivity contribution is 4.81. The van der Waals surface area contributed by atoms with Gasteiger partial charge in [-0.05, 0) is 5.92 Å².